The van der Waals surface area contributed by atoms with Crippen LogP contribution in [0.1, 0.15) is 41.0 Å². The molecule has 1 heterocycles. The molecule has 3 aromatic carbocycles. The summed E-state index contributed by atoms with van der Waals surface area (Å²) in [5.74, 6) is -0.297. The fraction of sp³-hybridized carbons (Fsp3) is 0.286. The molecule has 0 bridgehead atoms. The lowest BCUT2D eigenvalue weighted by Crippen LogP contribution is -2.49. The number of hydrogen-bond acceptors (Lipinski definition) is 4. The predicted molar refractivity (Wildman–Crippen MR) is 136 cm³/mol. The molecule has 0 radical (unpaired) electrons. The molecule has 1 aliphatic heterocycles. The maximum Gasteiger partial charge on any atom is 0.256 e. The maximum absolute atomic E-state index is 14.0. The Morgan fingerprint density at radius 2 is 1.69 bits per heavy atom. The third kappa shape index (κ3) is 5.98. The second kappa shape index (κ2) is 11.0. The van der Waals surface area contributed by atoms with Gasteiger partial charge in [0, 0.05) is 43.1 Å². The number of carbonyl (C=O) groups is 2. The van der Waals surface area contributed by atoms with E-state index in [0.29, 0.717) is 43.2 Å². The molecule has 4 rings (SSSR count). The minimum absolute atomic E-state index is 0.0837. The summed E-state index contributed by atoms with van der Waals surface area (Å²) < 4.78 is 19.8. The Hall–Kier alpha value is -3.87. The minimum atomic E-state index is -0.493. The van der Waals surface area contributed by atoms with Crippen molar-refractivity contribution in [3.05, 3.63) is 89.7 Å². The highest BCUT2D eigenvalue weighted by Gasteiger charge is 2.24. The molecule has 0 spiro atoms. The Morgan fingerprint density at radius 3 is 2.37 bits per heavy atom. The summed E-state index contributed by atoms with van der Waals surface area (Å²) in [6, 6.07) is 20.9. The summed E-state index contributed by atoms with van der Waals surface area (Å²) >= 11 is 0. The molecular formula is C28H30FN3O3. The van der Waals surface area contributed by atoms with Crippen LogP contribution in [0.3, 0.4) is 0 Å². The van der Waals surface area contributed by atoms with Crippen molar-refractivity contribution in [3.63, 3.8) is 0 Å². The molecule has 0 aliphatic carbocycles. The van der Waals surface area contributed by atoms with Crippen molar-refractivity contribution in [1.82, 2.24) is 4.90 Å². The van der Waals surface area contributed by atoms with Gasteiger partial charge in [-0.05, 0) is 67.9 Å². The molecule has 1 fully saturated rings. The predicted octanol–water partition coefficient (Wildman–Crippen LogP) is 5.22. The molecule has 1 saturated heterocycles. The summed E-state index contributed by atoms with van der Waals surface area (Å²) in [4.78, 5) is 29.2. The highest BCUT2D eigenvalue weighted by atomic mass is 19.1. The van der Waals surface area contributed by atoms with Crippen LogP contribution in [-0.2, 0) is 0 Å². The Bertz CT molecular complexity index is 1170. The molecule has 1 unspecified atom stereocenters. The van der Waals surface area contributed by atoms with Crippen LogP contribution in [0.4, 0.5) is 15.8 Å². The Balaban J connectivity index is 1.33. The van der Waals surface area contributed by atoms with Gasteiger partial charge in [-0.25, -0.2) is 4.39 Å². The average Bonchev–Trinajstić information content (AvgIpc) is 2.89. The summed E-state index contributed by atoms with van der Waals surface area (Å²) in [6.45, 7) is 6.37. The number of nitrogens with zero attached hydrogens (tertiary/aromatic N) is 2. The van der Waals surface area contributed by atoms with Crippen molar-refractivity contribution in [2.75, 3.05) is 36.4 Å². The minimum Gasteiger partial charge on any atom is -0.491 e. The van der Waals surface area contributed by atoms with E-state index >= 15 is 0 Å². The lowest BCUT2D eigenvalue weighted by molar-refractivity contribution is 0.0742. The van der Waals surface area contributed by atoms with Gasteiger partial charge in [-0.1, -0.05) is 25.1 Å². The van der Waals surface area contributed by atoms with Crippen molar-refractivity contribution in [1.29, 1.82) is 0 Å². The number of ether oxygens (including phenoxy) is 1. The molecule has 0 aromatic heterocycles. The zero-order valence-electron chi connectivity index (χ0n) is 20.0. The number of benzene rings is 3. The third-order valence-electron chi connectivity index (χ3n) is 6.17. The molecule has 35 heavy (non-hydrogen) atoms. The van der Waals surface area contributed by atoms with Crippen LogP contribution in [0.15, 0.2) is 72.8 Å². The molecule has 182 valence electrons. The van der Waals surface area contributed by atoms with E-state index in [-0.39, 0.29) is 23.5 Å². The summed E-state index contributed by atoms with van der Waals surface area (Å²) in [7, 11) is 0. The molecule has 1 N–H and O–H groups in total. The molecule has 1 atom stereocenters. The highest BCUT2D eigenvalue weighted by molar-refractivity contribution is 6.04. The van der Waals surface area contributed by atoms with Gasteiger partial charge in [-0.3, -0.25) is 9.59 Å². The molecular weight excluding hydrogens is 445 g/mol. The topological polar surface area (TPSA) is 61.9 Å². The number of carbonyl (C=O) groups excluding carboxylic acids is 2. The van der Waals surface area contributed by atoms with E-state index in [1.54, 1.807) is 29.2 Å². The van der Waals surface area contributed by atoms with Crippen molar-refractivity contribution >= 4 is 23.2 Å². The first kappa shape index (κ1) is 24.3. The second-order valence-electron chi connectivity index (χ2n) is 8.62. The van der Waals surface area contributed by atoms with Gasteiger partial charge in [0.2, 0.25) is 0 Å². The normalized spacial score (nSPS) is 14.4. The highest BCUT2D eigenvalue weighted by Crippen LogP contribution is 2.22. The number of nitrogens with one attached hydrogen (secondary N) is 1. The Kier molecular flexibility index (Phi) is 7.65. The fourth-order valence-corrected chi connectivity index (χ4v) is 3.96. The van der Waals surface area contributed by atoms with Crippen LogP contribution in [0.5, 0.6) is 5.75 Å². The van der Waals surface area contributed by atoms with Gasteiger partial charge in [0.1, 0.15) is 11.6 Å². The van der Waals surface area contributed by atoms with Gasteiger partial charge >= 0.3 is 0 Å². The fourth-order valence-electron chi connectivity index (χ4n) is 3.96. The smallest absolute Gasteiger partial charge is 0.256 e. The summed E-state index contributed by atoms with van der Waals surface area (Å²) in [5.41, 5.74) is 2.34. The van der Waals surface area contributed by atoms with Crippen molar-refractivity contribution < 1.29 is 18.7 Å². The van der Waals surface area contributed by atoms with E-state index in [0.717, 1.165) is 12.1 Å². The number of hydrogen-bond donors (Lipinski definition) is 1. The third-order valence-corrected chi connectivity index (χ3v) is 6.17. The van der Waals surface area contributed by atoms with Gasteiger partial charge in [0.15, 0.2) is 0 Å². The monoisotopic (exact) mass is 475 g/mol. The van der Waals surface area contributed by atoms with Crippen LogP contribution < -0.4 is 15.0 Å². The first-order valence-electron chi connectivity index (χ1n) is 11.9. The molecule has 2 amide bonds. The maximum atomic E-state index is 14.0. The van der Waals surface area contributed by atoms with Crippen molar-refractivity contribution in [2.45, 2.75) is 26.4 Å². The number of amides is 2. The van der Waals surface area contributed by atoms with E-state index in [1.165, 1.54) is 12.1 Å². The number of piperazine rings is 1. The molecule has 3 aromatic rings. The van der Waals surface area contributed by atoms with Gasteiger partial charge in [0.25, 0.3) is 11.8 Å². The lowest BCUT2D eigenvalue weighted by atomic mass is 10.1. The first-order valence-corrected chi connectivity index (χ1v) is 11.9. The van der Waals surface area contributed by atoms with Crippen molar-refractivity contribution in [2.24, 2.45) is 0 Å². The molecule has 1 aliphatic rings. The van der Waals surface area contributed by atoms with Gasteiger partial charge < -0.3 is 19.9 Å². The van der Waals surface area contributed by atoms with Gasteiger partial charge in [-0.2, -0.15) is 0 Å². The summed E-state index contributed by atoms with van der Waals surface area (Å²) in [6.07, 6.45) is 0.972. The van der Waals surface area contributed by atoms with E-state index < -0.39 is 5.82 Å². The van der Waals surface area contributed by atoms with Crippen LogP contribution in [0.2, 0.25) is 0 Å². The second-order valence-corrected chi connectivity index (χ2v) is 8.62. The number of anilines is 2. The van der Waals surface area contributed by atoms with Crippen LogP contribution in [0.25, 0.3) is 0 Å². The van der Waals surface area contributed by atoms with Crippen LogP contribution in [0, 0.1) is 5.82 Å². The molecule has 6 nitrogen and oxygen atoms in total. The van der Waals surface area contributed by atoms with E-state index in [1.807, 2.05) is 43.3 Å². The van der Waals surface area contributed by atoms with Crippen molar-refractivity contribution in [3.8, 4) is 5.75 Å². The lowest BCUT2D eigenvalue weighted by Gasteiger charge is -2.36. The van der Waals surface area contributed by atoms with Crippen LogP contribution in [-0.4, -0.2) is 49.0 Å². The quantitative estimate of drug-likeness (QED) is 0.509. The zero-order valence-corrected chi connectivity index (χ0v) is 20.0. The Labute approximate surface area is 205 Å². The number of halogens is 1. The SMILES string of the molecule is CCC(C)Oc1cccc(C(=O)Nc2ccc(N3CCN(C(=O)c4ccccc4F)CC3)cc2)c1. The Morgan fingerprint density at radius 1 is 0.971 bits per heavy atom. The van der Waals surface area contributed by atoms with Gasteiger partial charge in [0.05, 0.1) is 11.7 Å². The van der Waals surface area contributed by atoms with E-state index in [9.17, 15) is 14.0 Å². The standard InChI is InChI=1S/C28H30FN3O3/c1-3-20(2)35-24-8-6-7-21(19-24)27(33)30-22-11-13-23(14-12-22)31-15-17-32(18-16-31)28(34)25-9-4-5-10-26(25)29/h4-14,19-20H,3,15-18H2,1-2H3,(H,30,33). The summed E-state index contributed by atoms with van der Waals surface area (Å²) in [5, 5.41) is 2.93. The van der Waals surface area contributed by atoms with E-state index in [2.05, 4.69) is 17.1 Å². The van der Waals surface area contributed by atoms with Crippen LogP contribution >= 0.6 is 0 Å². The average molecular weight is 476 g/mol. The largest absolute Gasteiger partial charge is 0.491 e. The van der Waals surface area contributed by atoms with Gasteiger partial charge in [-0.15, -0.1) is 0 Å². The zero-order chi connectivity index (χ0) is 24.8. The number of rotatable bonds is 7. The molecule has 0 saturated carbocycles. The molecule has 7 heteroatoms. The first-order chi connectivity index (χ1) is 16.9. The van der Waals surface area contributed by atoms with E-state index in [4.69, 9.17) is 4.74 Å².